The molecule has 1 fully saturated rings. The maximum atomic E-state index is 5.96. The molecule has 0 radical (unpaired) electrons. The van der Waals surface area contributed by atoms with Crippen LogP contribution in [0.25, 0.3) is 0 Å². The number of nitrogens with zero attached hydrogens (tertiary/aromatic N) is 1. The van der Waals surface area contributed by atoms with Gasteiger partial charge in [0.15, 0.2) is 0 Å². The van der Waals surface area contributed by atoms with E-state index in [1.54, 1.807) is 13.3 Å². The average molecular weight is 192 g/mol. The van der Waals surface area contributed by atoms with Crippen LogP contribution >= 0.6 is 0 Å². The third kappa shape index (κ3) is 1.38. The van der Waals surface area contributed by atoms with E-state index < -0.39 is 0 Å². The van der Waals surface area contributed by atoms with E-state index >= 15 is 0 Å². The van der Waals surface area contributed by atoms with Gasteiger partial charge in [-0.25, -0.2) is 0 Å². The summed E-state index contributed by atoms with van der Waals surface area (Å²) in [5.74, 6) is 0.800. The Kier molecular flexibility index (Phi) is 2.19. The summed E-state index contributed by atoms with van der Waals surface area (Å²) in [4.78, 5) is 4.40. The van der Waals surface area contributed by atoms with Crippen LogP contribution in [0.3, 0.4) is 0 Å². The lowest BCUT2D eigenvalue weighted by molar-refractivity contribution is 0.411. The Balaban J connectivity index is 2.25. The van der Waals surface area contributed by atoms with Crippen LogP contribution in [0.4, 0.5) is 0 Å². The van der Waals surface area contributed by atoms with Gasteiger partial charge in [0.25, 0.3) is 0 Å². The normalized spacial score (nSPS) is 20.2. The zero-order valence-corrected chi connectivity index (χ0v) is 8.66. The number of hydrogen-bond acceptors (Lipinski definition) is 3. The van der Waals surface area contributed by atoms with E-state index in [2.05, 4.69) is 11.9 Å². The minimum absolute atomic E-state index is 0.145. The van der Waals surface area contributed by atoms with Crippen LogP contribution in [-0.4, -0.2) is 18.1 Å². The highest BCUT2D eigenvalue weighted by atomic mass is 16.5. The standard InChI is InChI=1S/C11H16N2O/c1-8(12)11(5-6-11)10-4-3-9(14-2)7-13-10/h3-4,7-8H,5-6,12H2,1-2H3. The predicted molar refractivity (Wildman–Crippen MR) is 55.4 cm³/mol. The van der Waals surface area contributed by atoms with E-state index in [9.17, 15) is 0 Å². The highest BCUT2D eigenvalue weighted by Crippen LogP contribution is 2.49. The average Bonchev–Trinajstić information content (AvgIpc) is 2.99. The summed E-state index contributed by atoms with van der Waals surface area (Å²) in [5, 5.41) is 0. The molecule has 0 aliphatic heterocycles. The molecule has 3 heteroatoms. The number of methoxy groups -OCH3 is 1. The van der Waals surface area contributed by atoms with Crippen LogP contribution in [0.5, 0.6) is 5.75 Å². The summed E-state index contributed by atoms with van der Waals surface area (Å²) >= 11 is 0. The smallest absolute Gasteiger partial charge is 0.137 e. The molecule has 76 valence electrons. The second-order valence-electron chi connectivity index (χ2n) is 4.03. The maximum Gasteiger partial charge on any atom is 0.137 e. The third-order valence-electron chi connectivity index (χ3n) is 3.14. The predicted octanol–water partition coefficient (Wildman–Crippen LogP) is 1.47. The van der Waals surface area contributed by atoms with Gasteiger partial charge in [-0.15, -0.1) is 0 Å². The Morgan fingerprint density at radius 3 is 2.57 bits per heavy atom. The minimum atomic E-state index is 0.145. The van der Waals surface area contributed by atoms with E-state index in [1.807, 2.05) is 12.1 Å². The van der Waals surface area contributed by atoms with Gasteiger partial charge in [-0.1, -0.05) is 0 Å². The summed E-state index contributed by atoms with van der Waals surface area (Å²) in [6.07, 6.45) is 4.08. The second kappa shape index (κ2) is 3.24. The number of hydrogen-bond donors (Lipinski definition) is 1. The lowest BCUT2D eigenvalue weighted by atomic mass is 9.94. The monoisotopic (exact) mass is 192 g/mol. The molecule has 1 aromatic rings. The zero-order chi connectivity index (χ0) is 10.2. The molecule has 1 saturated carbocycles. The van der Waals surface area contributed by atoms with Crippen molar-refractivity contribution in [2.45, 2.75) is 31.2 Å². The number of ether oxygens (including phenoxy) is 1. The van der Waals surface area contributed by atoms with Gasteiger partial charge < -0.3 is 10.5 Å². The molecule has 0 amide bonds. The molecule has 0 saturated heterocycles. The molecule has 0 bridgehead atoms. The number of aromatic nitrogens is 1. The van der Waals surface area contributed by atoms with Crippen LogP contribution in [0.2, 0.25) is 0 Å². The van der Waals surface area contributed by atoms with Crippen molar-refractivity contribution in [2.75, 3.05) is 7.11 Å². The van der Waals surface area contributed by atoms with Crippen LogP contribution in [-0.2, 0) is 5.41 Å². The van der Waals surface area contributed by atoms with Gasteiger partial charge in [0.1, 0.15) is 5.75 Å². The molecule has 1 heterocycles. The Bertz CT molecular complexity index is 315. The lowest BCUT2D eigenvalue weighted by Crippen LogP contribution is -2.32. The topological polar surface area (TPSA) is 48.1 Å². The first-order valence-corrected chi connectivity index (χ1v) is 4.95. The van der Waals surface area contributed by atoms with Crippen molar-refractivity contribution in [3.8, 4) is 5.75 Å². The van der Waals surface area contributed by atoms with Gasteiger partial charge in [-0.3, -0.25) is 4.98 Å². The second-order valence-corrected chi connectivity index (χ2v) is 4.03. The highest BCUT2D eigenvalue weighted by Gasteiger charge is 2.48. The zero-order valence-electron chi connectivity index (χ0n) is 8.66. The molecule has 3 nitrogen and oxygen atoms in total. The number of pyridine rings is 1. The summed E-state index contributed by atoms with van der Waals surface area (Å²) < 4.78 is 5.07. The van der Waals surface area contributed by atoms with Crippen molar-refractivity contribution < 1.29 is 4.74 Å². The summed E-state index contributed by atoms with van der Waals surface area (Å²) in [6, 6.07) is 4.16. The molecular formula is C11H16N2O. The van der Waals surface area contributed by atoms with Crippen molar-refractivity contribution in [3.63, 3.8) is 0 Å². The molecule has 14 heavy (non-hydrogen) atoms. The van der Waals surface area contributed by atoms with Crippen molar-refractivity contribution in [2.24, 2.45) is 5.73 Å². The molecule has 1 aliphatic carbocycles. The molecule has 0 spiro atoms. The quantitative estimate of drug-likeness (QED) is 0.789. The van der Waals surface area contributed by atoms with Crippen molar-refractivity contribution >= 4 is 0 Å². The van der Waals surface area contributed by atoms with E-state index in [-0.39, 0.29) is 11.5 Å². The summed E-state index contributed by atoms with van der Waals surface area (Å²) in [5.41, 5.74) is 7.21. The van der Waals surface area contributed by atoms with Crippen LogP contribution in [0.1, 0.15) is 25.5 Å². The van der Waals surface area contributed by atoms with Crippen molar-refractivity contribution in [1.82, 2.24) is 4.98 Å². The summed E-state index contributed by atoms with van der Waals surface area (Å²) in [7, 11) is 1.65. The van der Waals surface area contributed by atoms with Gasteiger partial charge in [0.2, 0.25) is 0 Å². The SMILES string of the molecule is COc1ccc(C2(C(C)N)CC2)nc1. The molecule has 2 N–H and O–H groups in total. The Morgan fingerprint density at radius 1 is 1.50 bits per heavy atom. The van der Waals surface area contributed by atoms with Crippen molar-refractivity contribution in [3.05, 3.63) is 24.0 Å². The van der Waals surface area contributed by atoms with Gasteiger partial charge in [0, 0.05) is 17.2 Å². The van der Waals surface area contributed by atoms with E-state index in [0.717, 1.165) is 24.3 Å². The van der Waals surface area contributed by atoms with Gasteiger partial charge in [0.05, 0.1) is 13.3 Å². The van der Waals surface area contributed by atoms with Crippen LogP contribution in [0, 0.1) is 0 Å². The first-order chi connectivity index (χ1) is 6.69. The Morgan fingerprint density at radius 2 is 2.21 bits per heavy atom. The lowest BCUT2D eigenvalue weighted by Gasteiger charge is -2.18. The number of rotatable bonds is 3. The van der Waals surface area contributed by atoms with Crippen LogP contribution < -0.4 is 10.5 Å². The van der Waals surface area contributed by atoms with E-state index in [1.165, 1.54) is 0 Å². The molecule has 2 rings (SSSR count). The largest absolute Gasteiger partial charge is 0.495 e. The molecule has 1 aromatic heterocycles. The Hall–Kier alpha value is -1.09. The van der Waals surface area contributed by atoms with Gasteiger partial charge in [-0.2, -0.15) is 0 Å². The van der Waals surface area contributed by atoms with Crippen LogP contribution in [0.15, 0.2) is 18.3 Å². The fourth-order valence-electron chi connectivity index (χ4n) is 1.87. The molecule has 1 atom stereocenters. The molecule has 0 aromatic carbocycles. The first-order valence-electron chi connectivity index (χ1n) is 4.95. The van der Waals surface area contributed by atoms with Gasteiger partial charge in [-0.05, 0) is 31.9 Å². The maximum absolute atomic E-state index is 5.96. The molecule has 1 aliphatic rings. The third-order valence-corrected chi connectivity index (χ3v) is 3.14. The highest BCUT2D eigenvalue weighted by molar-refractivity contribution is 5.31. The Labute approximate surface area is 84.3 Å². The first kappa shape index (κ1) is 9.46. The summed E-state index contributed by atoms with van der Waals surface area (Å²) in [6.45, 7) is 2.05. The molecule has 1 unspecified atom stereocenters. The number of nitrogens with two attached hydrogens (primary N) is 1. The molecular weight excluding hydrogens is 176 g/mol. The van der Waals surface area contributed by atoms with E-state index in [4.69, 9.17) is 10.5 Å². The van der Waals surface area contributed by atoms with E-state index in [0.29, 0.717) is 0 Å². The fraction of sp³-hybridized carbons (Fsp3) is 0.545. The van der Waals surface area contributed by atoms with Gasteiger partial charge >= 0.3 is 0 Å². The fourth-order valence-corrected chi connectivity index (χ4v) is 1.87. The van der Waals surface area contributed by atoms with Crippen molar-refractivity contribution in [1.29, 1.82) is 0 Å². The minimum Gasteiger partial charge on any atom is -0.495 e.